The molecule has 1 N–H and O–H groups in total. The number of nitrogens with one attached hydrogen (secondary N) is 1. The monoisotopic (exact) mass is 220 g/mol. The summed E-state index contributed by atoms with van der Waals surface area (Å²) >= 11 is 0. The third kappa shape index (κ3) is 2.42. The molecule has 0 atom stereocenters. The van der Waals surface area contributed by atoms with Gasteiger partial charge in [0.2, 0.25) is 0 Å². The molecule has 16 heavy (non-hydrogen) atoms. The number of rotatable bonds is 5. The fourth-order valence-corrected chi connectivity index (χ4v) is 1.77. The van der Waals surface area contributed by atoms with E-state index in [4.69, 9.17) is 4.74 Å². The standard InChI is InChI=1S/C13H15FNO/c1-16-7-3-2-4-10-9-15-13-8-11(14)5-6-12(10)13/h4-6,8-9,15H,2-3,7H2,1H3. The van der Waals surface area contributed by atoms with Gasteiger partial charge in [-0.2, -0.15) is 0 Å². The molecule has 1 heterocycles. The van der Waals surface area contributed by atoms with Crippen molar-refractivity contribution in [1.82, 2.24) is 4.98 Å². The fourth-order valence-electron chi connectivity index (χ4n) is 1.77. The van der Waals surface area contributed by atoms with Crippen LogP contribution < -0.4 is 0 Å². The van der Waals surface area contributed by atoms with Gasteiger partial charge in [0.25, 0.3) is 0 Å². The van der Waals surface area contributed by atoms with E-state index in [1.54, 1.807) is 7.11 Å². The van der Waals surface area contributed by atoms with Crippen LogP contribution in [0.5, 0.6) is 0 Å². The second-order valence-electron chi connectivity index (χ2n) is 3.77. The van der Waals surface area contributed by atoms with E-state index in [9.17, 15) is 4.39 Å². The van der Waals surface area contributed by atoms with E-state index >= 15 is 0 Å². The summed E-state index contributed by atoms with van der Waals surface area (Å²) in [4.78, 5) is 3.07. The molecule has 0 aliphatic carbocycles. The van der Waals surface area contributed by atoms with Crippen molar-refractivity contribution in [1.29, 1.82) is 0 Å². The molecule has 1 aromatic carbocycles. The normalized spacial score (nSPS) is 11.1. The second-order valence-corrected chi connectivity index (χ2v) is 3.77. The Hall–Kier alpha value is -1.35. The molecule has 2 nitrogen and oxygen atoms in total. The molecule has 1 radical (unpaired) electrons. The van der Waals surface area contributed by atoms with Gasteiger partial charge in [0.15, 0.2) is 0 Å². The topological polar surface area (TPSA) is 25.0 Å². The van der Waals surface area contributed by atoms with Crippen LogP contribution in [0.4, 0.5) is 4.39 Å². The minimum absolute atomic E-state index is 0.208. The van der Waals surface area contributed by atoms with Crippen molar-refractivity contribution in [2.75, 3.05) is 13.7 Å². The number of hydrogen-bond acceptors (Lipinski definition) is 1. The Labute approximate surface area is 94.4 Å². The predicted molar refractivity (Wildman–Crippen MR) is 62.8 cm³/mol. The number of benzene rings is 1. The molecule has 0 fully saturated rings. The second kappa shape index (κ2) is 5.12. The Balaban J connectivity index is 2.07. The van der Waals surface area contributed by atoms with Crippen LogP contribution in [-0.2, 0) is 4.74 Å². The summed E-state index contributed by atoms with van der Waals surface area (Å²) in [6.07, 6.45) is 6.04. The molecular formula is C13H15FNO. The summed E-state index contributed by atoms with van der Waals surface area (Å²) in [6, 6.07) is 4.81. The van der Waals surface area contributed by atoms with E-state index in [1.165, 1.54) is 12.1 Å². The van der Waals surface area contributed by atoms with Crippen LogP contribution in [0.1, 0.15) is 18.4 Å². The highest BCUT2D eigenvalue weighted by Crippen LogP contribution is 2.21. The number of hydrogen-bond donors (Lipinski definition) is 1. The molecule has 0 saturated carbocycles. The lowest BCUT2D eigenvalue weighted by atomic mass is 10.1. The van der Waals surface area contributed by atoms with Gasteiger partial charge in [0.1, 0.15) is 5.82 Å². The SMILES string of the molecule is COCCC[CH]c1c[nH]c2cc(F)ccc12. The summed E-state index contributed by atoms with van der Waals surface area (Å²) in [5.41, 5.74) is 1.98. The molecule has 0 aliphatic heterocycles. The summed E-state index contributed by atoms with van der Waals surface area (Å²) in [7, 11) is 1.70. The molecule has 1 aromatic heterocycles. The van der Waals surface area contributed by atoms with E-state index in [2.05, 4.69) is 11.4 Å². The molecule has 0 aliphatic rings. The van der Waals surface area contributed by atoms with Gasteiger partial charge in [-0.1, -0.05) is 0 Å². The minimum Gasteiger partial charge on any atom is -0.385 e. The quantitative estimate of drug-likeness (QED) is 0.768. The van der Waals surface area contributed by atoms with E-state index in [-0.39, 0.29) is 5.82 Å². The number of methoxy groups -OCH3 is 1. The molecule has 85 valence electrons. The lowest BCUT2D eigenvalue weighted by Crippen LogP contribution is -1.89. The Bertz CT molecular complexity index is 464. The van der Waals surface area contributed by atoms with Crippen LogP contribution in [0, 0.1) is 12.2 Å². The van der Waals surface area contributed by atoms with E-state index in [1.807, 2.05) is 12.3 Å². The van der Waals surface area contributed by atoms with Gasteiger partial charge in [-0.05, 0) is 43.0 Å². The van der Waals surface area contributed by atoms with E-state index in [0.717, 1.165) is 35.9 Å². The Morgan fingerprint density at radius 3 is 3.12 bits per heavy atom. The summed E-state index contributed by atoms with van der Waals surface area (Å²) in [5.74, 6) is -0.208. The average Bonchev–Trinajstić information content (AvgIpc) is 2.67. The van der Waals surface area contributed by atoms with Crippen LogP contribution in [0.3, 0.4) is 0 Å². The number of halogens is 1. The maximum absolute atomic E-state index is 13.0. The van der Waals surface area contributed by atoms with Gasteiger partial charge < -0.3 is 9.72 Å². The fraction of sp³-hybridized carbons (Fsp3) is 0.308. The van der Waals surface area contributed by atoms with Gasteiger partial charge in [-0.25, -0.2) is 4.39 Å². The van der Waals surface area contributed by atoms with Crippen molar-refractivity contribution in [3.05, 3.63) is 42.2 Å². The Morgan fingerprint density at radius 2 is 2.31 bits per heavy atom. The number of aromatic amines is 1. The lowest BCUT2D eigenvalue weighted by molar-refractivity contribution is 0.195. The van der Waals surface area contributed by atoms with Crippen LogP contribution >= 0.6 is 0 Å². The number of unbranched alkanes of at least 4 members (excludes halogenated alkanes) is 1. The van der Waals surface area contributed by atoms with Crippen molar-refractivity contribution < 1.29 is 9.13 Å². The first-order valence-corrected chi connectivity index (χ1v) is 5.40. The maximum Gasteiger partial charge on any atom is 0.125 e. The van der Waals surface area contributed by atoms with Crippen molar-refractivity contribution >= 4 is 10.9 Å². The predicted octanol–water partition coefficient (Wildman–Crippen LogP) is 3.29. The van der Waals surface area contributed by atoms with Crippen molar-refractivity contribution in [2.24, 2.45) is 0 Å². The third-order valence-electron chi connectivity index (χ3n) is 2.59. The summed E-state index contributed by atoms with van der Waals surface area (Å²) in [6.45, 7) is 0.771. The van der Waals surface area contributed by atoms with Gasteiger partial charge in [-0.15, -0.1) is 0 Å². The van der Waals surface area contributed by atoms with Crippen LogP contribution in [0.2, 0.25) is 0 Å². The number of fused-ring (bicyclic) bond motifs is 1. The number of ether oxygens (including phenoxy) is 1. The first-order chi connectivity index (χ1) is 7.81. The third-order valence-corrected chi connectivity index (χ3v) is 2.59. The molecule has 0 spiro atoms. The molecule has 2 aromatic rings. The smallest absolute Gasteiger partial charge is 0.125 e. The van der Waals surface area contributed by atoms with E-state index in [0.29, 0.717) is 0 Å². The van der Waals surface area contributed by atoms with E-state index < -0.39 is 0 Å². The zero-order chi connectivity index (χ0) is 11.4. The summed E-state index contributed by atoms with van der Waals surface area (Å²) < 4.78 is 17.9. The first-order valence-electron chi connectivity index (χ1n) is 5.40. The summed E-state index contributed by atoms with van der Waals surface area (Å²) in [5, 5.41) is 1.07. The van der Waals surface area contributed by atoms with Crippen LogP contribution in [0.15, 0.2) is 24.4 Å². The Kier molecular flexibility index (Phi) is 3.57. The van der Waals surface area contributed by atoms with Crippen LogP contribution in [-0.4, -0.2) is 18.7 Å². The van der Waals surface area contributed by atoms with Crippen molar-refractivity contribution in [3.63, 3.8) is 0 Å². The molecule has 2 rings (SSSR count). The molecule has 0 unspecified atom stereocenters. The maximum atomic E-state index is 13.0. The van der Waals surface area contributed by atoms with Crippen molar-refractivity contribution in [2.45, 2.75) is 12.8 Å². The molecule has 0 amide bonds. The molecule has 0 saturated heterocycles. The largest absolute Gasteiger partial charge is 0.385 e. The van der Waals surface area contributed by atoms with Gasteiger partial charge in [0, 0.05) is 30.8 Å². The Morgan fingerprint density at radius 1 is 1.44 bits per heavy atom. The molecule has 0 bridgehead atoms. The zero-order valence-electron chi connectivity index (χ0n) is 9.29. The number of H-pyrrole nitrogens is 1. The highest BCUT2D eigenvalue weighted by molar-refractivity contribution is 5.84. The number of aromatic nitrogens is 1. The molecular weight excluding hydrogens is 205 g/mol. The van der Waals surface area contributed by atoms with Crippen LogP contribution in [0.25, 0.3) is 10.9 Å². The van der Waals surface area contributed by atoms with Gasteiger partial charge >= 0.3 is 0 Å². The van der Waals surface area contributed by atoms with Gasteiger partial charge in [-0.3, -0.25) is 0 Å². The molecule has 3 heteroatoms. The zero-order valence-corrected chi connectivity index (χ0v) is 9.29. The lowest BCUT2D eigenvalue weighted by Gasteiger charge is -1.99. The minimum atomic E-state index is -0.208. The first kappa shape index (κ1) is 11.1. The van der Waals surface area contributed by atoms with Crippen molar-refractivity contribution in [3.8, 4) is 0 Å². The highest BCUT2D eigenvalue weighted by atomic mass is 19.1. The highest BCUT2D eigenvalue weighted by Gasteiger charge is 2.04. The van der Waals surface area contributed by atoms with Gasteiger partial charge in [0.05, 0.1) is 0 Å². The average molecular weight is 220 g/mol.